The molecule has 17 heavy (non-hydrogen) atoms. The van der Waals surface area contributed by atoms with Crippen molar-refractivity contribution in [3.05, 3.63) is 35.9 Å². The Hall–Kier alpha value is -1.46. The first-order valence-corrected chi connectivity index (χ1v) is 5.61. The minimum absolute atomic E-state index is 0.0664. The number of thiocarbonyl (C=S) groups is 1. The molecule has 0 aliphatic rings. The lowest BCUT2D eigenvalue weighted by atomic mass is 10.2. The molecule has 0 heterocycles. The second-order valence-corrected chi connectivity index (χ2v) is 3.92. The van der Waals surface area contributed by atoms with E-state index in [-0.39, 0.29) is 5.05 Å². The largest absolute Gasteiger partial charge is 0.484 e. The molecule has 1 atom stereocenters. The lowest BCUT2D eigenvalue weighted by molar-refractivity contribution is -0.138. The van der Waals surface area contributed by atoms with Gasteiger partial charge >= 0.3 is 5.97 Å². The molecule has 92 valence electrons. The number of aliphatic hydroxyl groups excluding tert-OH is 1. The lowest BCUT2D eigenvalue weighted by Gasteiger charge is -2.11. The van der Waals surface area contributed by atoms with Crippen LogP contribution in [0.4, 0.5) is 0 Å². The van der Waals surface area contributed by atoms with Gasteiger partial charge in [-0.05, 0) is 17.8 Å². The lowest BCUT2D eigenvalue weighted by Crippen LogP contribution is -2.25. The Morgan fingerprint density at radius 1 is 1.35 bits per heavy atom. The highest BCUT2D eigenvalue weighted by molar-refractivity contribution is 7.80. The van der Waals surface area contributed by atoms with Crippen LogP contribution in [0.1, 0.15) is 12.0 Å². The first-order chi connectivity index (χ1) is 8.09. The van der Waals surface area contributed by atoms with Gasteiger partial charge in [0.05, 0.1) is 13.0 Å². The summed E-state index contributed by atoms with van der Waals surface area (Å²) in [5.41, 5.74) is 1.10. The van der Waals surface area contributed by atoms with Gasteiger partial charge in [0.25, 0.3) is 0 Å². The fourth-order valence-corrected chi connectivity index (χ4v) is 1.43. The molecule has 1 aromatic rings. The maximum absolute atomic E-state index is 10.3. The summed E-state index contributed by atoms with van der Waals surface area (Å²) in [6.07, 6.45) is -0.983. The summed E-state index contributed by atoms with van der Waals surface area (Å²) in [5, 5.41) is 17.7. The number of aliphatic carboxylic acids is 1. The summed E-state index contributed by atoms with van der Waals surface area (Å²) >= 11 is 4.77. The van der Waals surface area contributed by atoms with E-state index in [1.54, 1.807) is 0 Å². The molecular formula is C12H14O4S. The van der Waals surface area contributed by atoms with E-state index < -0.39 is 18.5 Å². The standard InChI is InChI=1S/C12H14O4S/c13-10(8-11(14)15)12(17)16-7-6-9-4-2-1-3-5-9/h1-5,10,13H,6-8H2,(H,14,15). The zero-order valence-corrected chi connectivity index (χ0v) is 10.0. The number of carbonyl (C=O) groups is 1. The van der Waals surface area contributed by atoms with Crippen molar-refractivity contribution < 1.29 is 19.7 Å². The Bertz CT molecular complexity index is 377. The monoisotopic (exact) mass is 254 g/mol. The fraction of sp³-hybridized carbons (Fsp3) is 0.333. The van der Waals surface area contributed by atoms with Crippen LogP contribution in [0.5, 0.6) is 0 Å². The highest BCUT2D eigenvalue weighted by atomic mass is 32.1. The van der Waals surface area contributed by atoms with E-state index in [0.29, 0.717) is 13.0 Å². The van der Waals surface area contributed by atoms with Crippen LogP contribution in [0.15, 0.2) is 30.3 Å². The third-order valence-electron chi connectivity index (χ3n) is 2.12. The van der Waals surface area contributed by atoms with Gasteiger partial charge in [-0.15, -0.1) is 0 Å². The molecule has 4 nitrogen and oxygen atoms in total. The van der Waals surface area contributed by atoms with Crippen molar-refractivity contribution in [3.8, 4) is 0 Å². The Kier molecular flexibility index (Phi) is 5.59. The molecule has 5 heteroatoms. The van der Waals surface area contributed by atoms with Gasteiger partial charge in [-0.3, -0.25) is 4.79 Å². The number of benzene rings is 1. The van der Waals surface area contributed by atoms with Gasteiger partial charge in [0.1, 0.15) is 6.10 Å². The van der Waals surface area contributed by atoms with Crippen LogP contribution < -0.4 is 0 Å². The van der Waals surface area contributed by atoms with Crippen LogP contribution in [0.2, 0.25) is 0 Å². The minimum atomic E-state index is -1.22. The summed E-state index contributed by atoms with van der Waals surface area (Å²) < 4.78 is 5.13. The van der Waals surface area contributed by atoms with Gasteiger partial charge in [-0.25, -0.2) is 0 Å². The molecule has 0 aromatic heterocycles. The van der Waals surface area contributed by atoms with Crippen molar-refractivity contribution in [2.45, 2.75) is 18.9 Å². The smallest absolute Gasteiger partial charge is 0.306 e. The van der Waals surface area contributed by atoms with Crippen molar-refractivity contribution >= 4 is 23.2 Å². The van der Waals surface area contributed by atoms with E-state index in [1.165, 1.54) is 0 Å². The average Bonchev–Trinajstić information content (AvgIpc) is 2.29. The maximum Gasteiger partial charge on any atom is 0.306 e. The summed E-state index contributed by atoms with van der Waals surface area (Å²) in [5.74, 6) is -1.11. The van der Waals surface area contributed by atoms with Crippen molar-refractivity contribution in [1.29, 1.82) is 0 Å². The molecule has 1 unspecified atom stereocenters. The molecular weight excluding hydrogens is 240 g/mol. The predicted octanol–water partition coefficient (Wildman–Crippen LogP) is 1.41. The molecule has 0 spiro atoms. The molecule has 0 bridgehead atoms. The first kappa shape index (κ1) is 13.6. The second kappa shape index (κ2) is 6.98. The third kappa shape index (κ3) is 5.42. The SMILES string of the molecule is O=C(O)CC(O)C(=S)OCCc1ccccc1. The van der Waals surface area contributed by atoms with Gasteiger partial charge in [-0.2, -0.15) is 0 Å². The van der Waals surface area contributed by atoms with Crippen molar-refractivity contribution in [1.82, 2.24) is 0 Å². The highest BCUT2D eigenvalue weighted by Crippen LogP contribution is 2.02. The van der Waals surface area contributed by atoms with Gasteiger partial charge in [0, 0.05) is 6.42 Å². The number of rotatable bonds is 6. The molecule has 0 aliphatic heterocycles. The number of aliphatic hydroxyl groups is 1. The van der Waals surface area contributed by atoms with Crippen LogP contribution in [0.3, 0.4) is 0 Å². The fourth-order valence-electron chi connectivity index (χ4n) is 1.26. The molecule has 1 rings (SSSR count). The number of carboxylic acid groups (broad SMARTS) is 1. The van der Waals surface area contributed by atoms with Gasteiger partial charge < -0.3 is 14.9 Å². The molecule has 0 saturated heterocycles. The molecule has 0 saturated carbocycles. The molecule has 0 fully saturated rings. The molecule has 1 aromatic carbocycles. The average molecular weight is 254 g/mol. The quantitative estimate of drug-likeness (QED) is 0.751. The number of hydrogen-bond donors (Lipinski definition) is 2. The minimum Gasteiger partial charge on any atom is -0.484 e. The first-order valence-electron chi connectivity index (χ1n) is 5.20. The summed E-state index contributed by atoms with van der Waals surface area (Å²) in [7, 11) is 0. The summed E-state index contributed by atoms with van der Waals surface area (Å²) in [6.45, 7) is 0.333. The van der Waals surface area contributed by atoms with Crippen LogP contribution in [-0.2, 0) is 16.0 Å². The molecule has 0 amide bonds. The van der Waals surface area contributed by atoms with Crippen LogP contribution in [0, 0.1) is 0 Å². The van der Waals surface area contributed by atoms with Gasteiger partial charge in [0.2, 0.25) is 0 Å². The van der Waals surface area contributed by atoms with Gasteiger partial charge in [0.15, 0.2) is 5.05 Å². The third-order valence-corrected chi connectivity index (χ3v) is 2.51. The topological polar surface area (TPSA) is 66.8 Å². The Morgan fingerprint density at radius 3 is 2.59 bits per heavy atom. The van der Waals surface area contributed by atoms with E-state index >= 15 is 0 Å². The normalized spacial score (nSPS) is 11.8. The van der Waals surface area contributed by atoms with E-state index in [4.69, 9.17) is 22.1 Å². The number of ether oxygens (including phenoxy) is 1. The number of carboxylic acids is 1. The summed E-state index contributed by atoms with van der Waals surface area (Å²) in [4.78, 5) is 10.3. The predicted molar refractivity (Wildman–Crippen MR) is 67.0 cm³/mol. The Labute approximate surface area is 105 Å². The number of hydrogen-bond acceptors (Lipinski definition) is 4. The van der Waals surface area contributed by atoms with E-state index in [2.05, 4.69) is 0 Å². The van der Waals surface area contributed by atoms with Crippen LogP contribution >= 0.6 is 12.2 Å². The zero-order valence-electron chi connectivity index (χ0n) is 9.20. The van der Waals surface area contributed by atoms with E-state index in [9.17, 15) is 9.90 Å². The van der Waals surface area contributed by atoms with Gasteiger partial charge in [-0.1, -0.05) is 30.3 Å². The highest BCUT2D eigenvalue weighted by Gasteiger charge is 2.15. The molecule has 0 radical (unpaired) electrons. The Morgan fingerprint density at radius 2 is 2.00 bits per heavy atom. The molecule has 0 aliphatic carbocycles. The summed E-state index contributed by atoms with van der Waals surface area (Å²) in [6, 6.07) is 9.69. The van der Waals surface area contributed by atoms with Crippen molar-refractivity contribution in [3.63, 3.8) is 0 Å². The molecule has 2 N–H and O–H groups in total. The second-order valence-electron chi connectivity index (χ2n) is 3.52. The van der Waals surface area contributed by atoms with Crippen LogP contribution in [-0.4, -0.2) is 33.9 Å². The van der Waals surface area contributed by atoms with Crippen molar-refractivity contribution in [2.75, 3.05) is 6.61 Å². The van der Waals surface area contributed by atoms with Crippen molar-refractivity contribution in [2.24, 2.45) is 0 Å². The van der Waals surface area contributed by atoms with E-state index in [0.717, 1.165) is 5.56 Å². The zero-order chi connectivity index (χ0) is 12.7. The van der Waals surface area contributed by atoms with E-state index in [1.807, 2.05) is 30.3 Å². The van der Waals surface area contributed by atoms with Crippen LogP contribution in [0.25, 0.3) is 0 Å². The maximum atomic E-state index is 10.3. The Balaban J connectivity index is 2.27.